The molecule has 1 aliphatic heterocycles. The van der Waals surface area contributed by atoms with E-state index in [1.807, 2.05) is 0 Å². The average molecular weight is 282 g/mol. The Labute approximate surface area is 120 Å². The molecule has 0 aromatic heterocycles. The Hall–Kier alpha value is -1.14. The van der Waals surface area contributed by atoms with Crippen molar-refractivity contribution in [1.29, 1.82) is 0 Å². The lowest BCUT2D eigenvalue weighted by molar-refractivity contribution is -0.121. The SMILES string of the molecule is C[C@H]1CNCCN1CC(=O)NC(=O)NC1CCCCC1. The molecular weight excluding hydrogens is 256 g/mol. The molecule has 20 heavy (non-hydrogen) atoms. The van der Waals surface area contributed by atoms with Crippen molar-refractivity contribution in [1.82, 2.24) is 20.9 Å². The van der Waals surface area contributed by atoms with Gasteiger partial charge in [0.25, 0.3) is 0 Å². The minimum atomic E-state index is -0.343. The van der Waals surface area contributed by atoms with Gasteiger partial charge in [0, 0.05) is 31.7 Å². The number of nitrogens with zero attached hydrogens (tertiary/aromatic N) is 1. The summed E-state index contributed by atoms with van der Waals surface area (Å²) in [4.78, 5) is 25.7. The van der Waals surface area contributed by atoms with Crippen LogP contribution < -0.4 is 16.0 Å². The van der Waals surface area contributed by atoms with Crippen LogP contribution >= 0.6 is 0 Å². The van der Waals surface area contributed by atoms with Gasteiger partial charge in [-0.25, -0.2) is 4.79 Å². The zero-order chi connectivity index (χ0) is 14.4. The summed E-state index contributed by atoms with van der Waals surface area (Å²) in [5, 5.41) is 8.62. The van der Waals surface area contributed by atoms with Crippen molar-refractivity contribution >= 4 is 11.9 Å². The Morgan fingerprint density at radius 2 is 2.00 bits per heavy atom. The fraction of sp³-hybridized carbons (Fsp3) is 0.857. The second-order valence-corrected chi connectivity index (χ2v) is 5.88. The van der Waals surface area contributed by atoms with Gasteiger partial charge in [-0.3, -0.25) is 15.0 Å². The van der Waals surface area contributed by atoms with Crippen LogP contribution in [-0.4, -0.2) is 55.1 Å². The predicted octanol–water partition coefficient (Wildman–Crippen LogP) is 0.439. The minimum Gasteiger partial charge on any atom is -0.335 e. The first kappa shape index (κ1) is 15.3. The van der Waals surface area contributed by atoms with Gasteiger partial charge in [0.15, 0.2) is 0 Å². The fourth-order valence-corrected chi connectivity index (χ4v) is 2.94. The van der Waals surface area contributed by atoms with E-state index in [0.717, 1.165) is 45.3 Å². The van der Waals surface area contributed by atoms with Crippen molar-refractivity contribution in [3.8, 4) is 0 Å². The Balaban J connectivity index is 1.68. The molecule has 0 bridgehead atoms. The molecule has 114 valence electrons. The van der Waals surface area contributed by atoms with Crippen LogP contribution in [0.3, 0.4) is 0 Å². The molecule has 3 amide bonds. The summed E-state index contributed by atoms with van der Waals surface area (Å²) in [5.41, 5.74) is 0. The summed E-state index contributed by atoms with van der Waals surface area (Å²) < 4.78 is 0. The highest BCUT2D eigenvalue weighted by Crippen LogP contribution is 2.17. The zero-order valence-electron chi connectivity index (χ0n) is 12.3. The third-order valence-corrected chi connectivity index (χ3v) is 4.18. The van der Waals surface area contributed by atoms with Crippen LogP contribution in [0.5, 0.6) is 0 Å². The Kier molecular flexibility index (Phi) is 5.79. The highest BCUT2D eigenvalue weighted by atomic mass is 16.2. The fourth-order valence-electron chi connectivity index (χ4n) is 2.94. The van der Waals surface area contributed by atoms with Gasteiger partial charge < -0.3 is 10.6 Å². The first-order chi connectivity index (χ1) is 9.65. The molecule has 0 radical (unpaired) electrons. The average Bonchev–Trinajstić information content (AvgIpc) is 2.42. The van der Waals surface area contributed by atoms with E-state index >= 15 is 0 Å². The summed E-state index contributed by atoms with van der Waals surface area (Å²) in [6.07, 6.45) is 5.63. The van der Waals surface area contributed by atoms with Crippen LogP contribution in [0, 0.1) is 0 Å². The van der Waals surface area contributed by atoms with Crippen molar-refractivity contribution in [2.45, 2.75) is 51.1 Å². The van der Waals surface area contributed by atoms with E-state index in [9.17, 15) is 9.59 Å². The maximum Gasteiger partial charge on any atom is 0.321 e. The maximum atomic E-state index is 11.9. The molecule has 0 aromatic carbocycles. The predicted molar refractivity (Wildman–Crippen MR) is 77.5 cm³/mol. The van der Waals surface area contributed by atoms with Gasteiger partial charge in [-0.2, -0.15) is 0 Å². The Morgan fingerprint density at radius 1 is 1.25 bits per heavy atom. The van der Waals surface area contributed by atoms with Crippen molar-refractivity contribution in [3.63, 3.8) is 0 Å². The van der Waals surface area contributed by atoms with Crippen molar-refractivity contribution in [2.24, 2.45) is 0 Å². The topological polar surface area (TPSA) is 73.5 Å². The molecule has 1 saturated heterocycles. The van der Waals surface area contributed by atoms with Crippen LogP contribution in [0.15, 0.2) is 0 Å². The van der Waals surface area contributed by atoms with Gasteiger partial charge in [0.1, 0.15) is 0 Å². The number of nitrogens with one attached hydrogen (secondary N) is 3. The molecule has 2 rings (SSSR count). The minimum absolute atomic E-state index is 0.216. The van der Waals surface area contributed by atoms with Crippen molar-refractivity contribution in [2.75, 3.05) is 26.2 Å². The van der Waals surface area contributed by atoms with Gasteiger partial charge >= 0.3 is 6.03 Å². The first-order valence-corrected chi connectivity index (χ1v) is 7.70. The molecule has 0 spiro atoms. The molecule has 6 nitrogen and oxygen atoms in total. The Morgan fingerprint density at radius 3 is 2.70 bits per heavy atom. The molecule has 2 fully saturated rings. The third-order valence-electron chi connectivity index (χ3n) is 4.18. The number of rotatable bonds is 3. The number of hydrogen-bond acceptors (Lipinski definition) is 4. The van der Waals surface area contributed by atoms with Crippen LogP contribution in [-0.2, 0) is 4.79 Å². The van der Waals surface area contributed by atoms with Gasteiger partial charge in [0.05, 0.1) is 6.54 Å². The lowest BCUT2D eigenvalue weighted by Crippen LogP contribution is -2.54. The smallest absolute Gasteiger partial charge is 0.321 e. The molecule has 0 unspecified atom stereocenters. The largest absolute Gasteiger partial charge is 0.335 e. The van der Waals surface area contributed by atoms with Crippen LogP contribution in [0.4, 0.5) is 4.79 Å². The van der Waals surface area contributed by atoms with Gasteiger partial charge in [-0.05, 0) is 19.8 Å². The van der Waals surface area contributed by atoms with Gasteiger partial charge in [-0.1, -0.05) is 19.3 Å². The number of hydrogen-bond donors (Lipinski definition) is 3. The van der Waals surface area contributed by atoms with Gasteiger partial charge in [-0.15, -0.1) is 0 Å². The van der Waals surface area contributed by atoms with E-state index in [0.29, 0.717) is 12.6 Å². The lowest BCUT2D eigenvalue weighted by Gasteiger charge is -2.33. The second-order valence-electron chi connectivity index (χ2n) is 5.88. The van der Waals surface area contributed by atoms with E-state index in [-0.39, 0.29) is 18.0 Å². The summed E-state index contributed by atoms with van der Waals surface area (Å²) in [6.45, 7) is 5.01. The molecule has 2 aliphatic rings. The van der Waals surface area contributed by atoms with Gasteiger partial charge in [0.2, 0.25) is 5.91 Å². The highest BCUT2D eigenvalue weighted by molar-refractivity contribution is 5.95. The van der Waals surface area contributed by atoms with Crippen LogP contribution in [0.1, 0.15) is 39.0 Å². The Bertz CT molecular complexity index is 342. The maximum absolute atomic E-state index is 11.9. The summed E-state index contributed by atoms with van der Waals surface area (Å²) in [6, 6.07) is 0.218. The monoisotopic (exact) mass is 282 g/mol. The molecular formula is C14H26N4O2. The number of imide groups is 1. The molecule has 1 saturated carbocycles. The summed E-state index contributed by atoms with van der Waals surface area (Å²) in [5.74, 6) is -0.216. The molecule has 1 aliphatic carbocycles. The summed E-state index contributed by atoms with van der Waals surface area (Å²) >= 11 is 0. The normalized spacial score (nSPS) is 25.1. The zero-order valence-corrected chi connectivity index (χ0v) is 12.3. The van der Waals surface area contributed by atoms with E-state index in [1.165, 1.54) is 6.42 Å². The van der Waals surface area contributed by atoms with Crippen molar-refractivity contribution < 1.29 is 9.59 Å². The number of carbonyl (C=O) groups is 2. The number of carbonyl (C=O) groups excluding carboxylic acids is 2. The molecule has 1 heterocycles. The third kappa shape index (κ3) is 4.76. The molecule has 6 heteroatoms. The lowest BCUT2D eigenvalue weighted by atomic mass is 9.96. The second kappa shape index (κ2) is 7.59. The molecule has 0 aromatic rings. The number of piperazine rings is 1. The van der Waals surface area contributed by atoms with E-state index < -0.39 is 0 Å². The quantitative estimate of drug-likeness (QED) is 0.702. The first-order valence-electron chi connectivity index (χ1n) is 7.70. The van der Waals surface area contributed by atoms with Crippen LogP contribution in [0.25, 0.3) is 0 Å². The van der Waals surface area contributed by atoms with E-state index in [2.05, 4.69) is 27.8 Å². The molecule has 3 N–H and O–H groups in total. The summed E-state index contributed by atoms with van der Waals surface area (Å²) in [7, 11) is 0. The number of urea groups is 1. The van der Waals surface area contributed by atoms with Crippen LogP contribution in [0.2, 0.25) is 0 Å². The standard InChI is InChI=1S/C14H26N4O2/c1-11-9-15-7-8-18(11)10-13(19)17-14(20)16-12-5-3-2-4-6-12/h11-12,15H,2-10H2,1H3,(H2,16,17,19,20)/t11-/m0/s1. The van der Waals surface area contributed by atoms with E-state index in [4.69, 9.17) is 0 Å². The molecule has 1 atom stereocenters. The highest BCUT2D eigenvalue weighted by Gasteiger charge is 2.22. The van der Waals surface area contributed by atoms with Crippen molar-refractivity contribution in [3.05, 3.63) is 0 Å². The van der Waals surface area contributed by atoms with E-state index in [1.54, 1.807) is 0 Å². The number of amides is 3.